The van der Waals surface area contributed by atoms with Crippen LogP contribution in [0, 0.1) is 0 Å². The van der Waals surface area contributed by atoms with E-state index in [1.54, 1.807) is 6.20 Å². The van der Waals surface area contributed by atoms with E-state index in [2.05, 4.69) is 48.5 Å². The van der Waals surface area contributed by atoms with Crippen LogP contribution in [0.2, 0.25) is 0 Å². The zero-order valence-electron chi connectivity index (χ0n) is 12.0. The third-order valence-corrected chi connectivity index (χ3v) is 3.70. The van der Waals surface area contributed by atoms with Gasteiger partial charge in [0.25, 0.3) is 0 Å². The van der Waals surface area contributed by atoms with Crippen LogP contribution in [0.4, 0.5) is 5.69 Å². The molecule has 1 aliphatic rings. The van der Waals surface area contributed by atoms with Crippen molar-refractivity contribution in [3.05, 3.63) is 42.7 Å². The lowest BCUT2D eigenvalue weighted by Crippen LogP contribution is -2.36. The molecule has 1 saturated heterocycles. The second-order valence-corrected chi connectivity index (χ2v) is 5.57. The van der Waals surface area contributed by atoms with E-state index in [4.69, 9.17) is 4.74 Å². The summed E-state index contributed by atoms with van der Waals surface area (Å²) in [6.45, 7) is 4.29. The number of hydrogen-bond acceptors (Lipinski definition) is 3. The lowest BCUT2D eigenvalue weighted by atomic mass is 9.99. The first-order valence-electron chi connectivity index (χ1n) is 7.23. The van der Waals surface area contributed by atoms with Crippen LogP contribution in [0.25, 0.3) is 5.69 Å². The number of nitrogens with zero attached hydrogens (tertiary/aromatic N) is 2. The van der Waals surface area contributed by atoms with Crippen LogP contribution in [0.5, 0.6) is 0 Å². The number of ether oxygens (including phenoxy) is 1. The predicted molar refractivity (Wildman–Crippen MR) is 80.2 cm³/mol. The minimum Gasteiger partial charge on any atom is -0.382 e. The molecule has 0 aliphatic carbocycles. The lowest BCUT2D eigenvalue weighted by Gasteiger charge is -2.33. The van der Waals surface area contributed by atoms with Gasteiger partial charge in [-0.05, 0) is 57.0 Å². The SMILES string of the molecule is CC1CC(Nc2ccc(-n3cccn3)cc2)CC(C)O1. The molecule has 3 rings (SSSR count). The van der Waals surface area contributed by atoms with Gasteiger partial charge in [0.2, 0.25) is 0 Å². The zero-order chi connectivity index (χ0) is 13.9. The van der Waals surface area contributed by atoms with Gasteiger partial charge in [0.05, 0.1) is 17.9 Å². The molecule has 1 N–H and O–H groups in total. The summed E-state index contributed by atoms with van der Waals surface area (Å²) >= 11 is 0. The first-order chi connectivity index (χ1) is 9.70. The van der Waals surface area contributed by atoms with Crippen LogP contribution < -0.4 is 5.32 Å². The van der Waals surface area contributed by atoms with Crippen molar-refractivity contribution >= 4 is 5.69 Å². The third kappa shape index (κ3) is 3.02. The van der Waals surface area contributed by atoms with Gasteiger partial charge in [0.15, 0.2) is 0 Å². The van der Waals surface area contributed by atoms with Gasteiger partial charge in [0.1, 0.15) is 0 Å². The van der Waals surface area contributed by atoms with E-state index < -0.39 is 0 Å². The summed E-state index contributed by atoms with van der Waals surface area (Å²) in [7, 11) is 0. The number of rotatable bonds is 3. The van der Waals surface area contributed by atoms with E-state index in [9.17, 15) is 0 Å². The Morgan fingerprint density at radius 3 is 2.45 bits per heavy atom. The van der Waals surface area contributed by atoms with E-state index in [-0.39, 0.29) is 0 Å². The van der Waals surface area contributed by atoms with Crippen molar-refractivity contribution in [2.75, 3.05) is 5.32 Å². The maximum Gasteiger partial charge on any atom is 0.0647 e. The Morgan fingerprint density at radius 1 is 1.15 bits per heavy atom. The van der Waals surface area contributed by atoms with E-state index >= 15 is 0 Å². The van der Waals surface area contributed by atoms with Crippen LogP contribution in [-0.2, 0) is 4.74 Å². The monoisotopic (exact) mass is 271 g/mol. The van der Waals surface area contributed by atoms with Crippen LogP contribution in [0.3, 0.4) is 0 Å². The molecule has 0 amide bonds. The molecule has 20 heavy (non-hydrogen) atoms. The second-order valence-electron chi connectivity index (χ2n) is 5.57. The Hall–Kier alpha value is -1.81. The van der Waals surface area contributed by atoms with Crippen molar-refractivity contribution in [2.24, 2.45) is 0 Å². The molecular formula is C16H21N3O. The van der Waals surface area contributed by atoms with Gasteiger partial charge in [-0.1, -0.05) is 0 Å². The largest absolute Gasteiger partial charge is 0.382 e. The summed E-state index contributed by atoms with van der Waals surface area (Å²) in [6, 6.07) is 10.8. The third-order valence-electron chi connectivity index (χ3n) is 3.70. The number of anilines is 1. The standard InChI is InChI=1S/C16H21N3O/c1-12-10-15(11-13(2)20-12)18-14-4-6-16(7-5-14)19-9-3-8-17-19/h3-9,12-13,15,18H,10-11H2,1-2H3. The molecule has 1 aromatic heterocycles. The van der Waals surface area contributed by atoms with Crippen LogP contribution in [0.1, 0.15) is 26.7 Å². The average molecular weight is 271 g/mol. The molecule has 0 bridgehead atoms. The van der Waals surface area contributed by atoms with Crippen molar-refractivity contribution in [1.29, 1.82) is 0 Å². The number of nitrogens with one attached hydrogen (secondary N) is 1. The molecule has 0 saturated carbocycles. The van der Waals surface area contributed by atoms with Crippen molar-refractivity contribution < 1.29 is 4.74 Å². The van der Waals surface area contributed by atoms with Gasteiger partial charge in [-0.2, -0.15) is 5.10 Å². The maximum atomic E-state index is 5.77. The summed E-state index contributed by atoms with van der Waals surface area (Å²) in [6.07, 6.45) is 6.52. The highest BCUT2D eigenvalue weighted by molar-refractivity contribution is 5.49. The molecule has 1 aromatic carbocycles. The van der Waals surface area contributed by atoms with Gasteiger partial charge < -0.3 is 10.1 Å². The normalized spacial score (nSPS) is 26.4. The van der Waals surface area contributed by atoms with Crippen LogP contribution >= 0.6 is 0 Å². The lowest BCUT2D eigenvalue weighted by molar-refractivity contribution is -0.0337. The molecule has 4 heteroatoms. The highest BCUT2D eigenvalue weighted by atomic mass is 16.5. The summed E-state index contributed by atoms with van der Waals surface area (Å²) in [5, 5.41) is 7.84. The predicted octanol–water partition coefficient (Wildman–Crippen LogP) is 3.24. The first kappa shape index (κ1) is 13.2. The quantitative estimate of drug-likeness (QED) is 0.931. The van der Waals surface area contributed by atoms with E-state index in [1.165, 1.54) is 0 Å². The Kier molecular flexibility index (Phi) is 3.74. The average Bonchev–Trinajstić information content (AvgIpc) is 2.92. The Balaban J connectivity index is 1.66. The number of aromatic nitrogens is 2. The smallest absolute Gasteiger partial charge is 0.0647 e. The molecule has 1 aliphatic heterocycles. The highest BCUT2D eigenvalue weighted by Gasteiger charge is 2.24. The van der Waals surface area contributed by atoms with Crippen molar-refractivity contribution in [2.45, 2.75) is 44.9 Å². The molecule has 0 spiro atoms. The Labute approximate surface area is 119 Å². The molecule has 2 atom stereocenters. The molecule has 1 fully saturated rings. The van der Waals surface area contributed by atoms with Gasteiger partial charge in [-0.25, -0.2) is 4.68 Å². The Morgan fingerprint density at radius 2 is 1.85 bits per heavy atom. The van der Waals surface area contributed by atoms with Gasteiger partial charge in [-0.3, -0.25) is 0 Å². The summed E-state index contributed by atoms with van der Waals surface area (Å²) in [5.74, 6) is 0. The number of benzene rings is 1. The fourth-order valence-electron chi connectivity index (χ4n) is 2.89. The van der Waals surface area contributed by atoms with E-state index in [1.807, 2.05) is 16.9 Å². The summed E-state index contributed by atoms with van der Waals surface area (Å²) < 4.78 is 7.63. The Bertz CT molecular complexity index is 525. The second kappa shape index (κ2) is 5.67. The van der Waals surface area contributed by atoms with E-state index in [0.717, 1.165) is 24.2 Å². The minimum absolute atomic E-state index is 0.333. The molecule has 4 nitrogen and oxygen atoms in total. The minimum atomic E-state index is 0.333. The summed E-state index contributed by atoms with van der Waals surface area (Å²) in [5.41, 5.74) is 2.24. The van der Waals surface area contributed by atoms with Gasteiger partial charge in [-0.15, -0.1) is 0 Å². The molecule has 2 aromatic rings. The zero-order valence-corrected chi connectivity index (χ0v) is 12.0. The molecule has 0 radical (unpaired) electrons. The first-order valence-corrected chi connectivity index (χ1v) is 7.23. The molecular weight excluding hydrogens is 250 g/mol. The van der Waals surface area contributed by atoms with Crippen molar-refractivity contribution in [3.8, 4) is 5.69 Å². The fraction of sp³-hybridized carbons (Fsp3) is 0.438. The molecule has 2 heterocycles. The molecule has 2 unspecified atom stereocenters. The van der Waals surface area contributed by atoms with Crippen molar-refractivity contribution in [1.82, 2.24) is 9.78 Å². The highest BCUT2D eigenvalue weighted by Crippen LogP contribution is 2.23. The topological polar surface area (TPSA) is 39.1 Å². The maximum absolute atomic E-state index is 5.77. The van der Waals surface area contributed by atoms with Crippen molar-refractivity contribution in [3.63, 3.8) is 0 Å². The summed E-state index contributed by atoms with van der Waals surface area (Å²) in [4.78, 5) is 0. The van der Waals surface area contributed by atoms with Crippen LogP contribution in [-0.4, -0.2) is 28.0 Å². The van der Waals surface area contributed by atoms with Gasteiger partial charge in [0, 0.05) is 24.1 Å². The number of hydrogen-bond donors (Lipinski definition) is 1. The van der Waals surface area contributed by atoms with Gasteiger partial charge >= 0.3 is 0 Å². The van der Waals surface area contributed by atoms with E-state index in [0.29, 0.717) is 18.2 Å². The van der Waals surface area contributed by atoms with Crippen LogP contribution in [0.15, 0.2) is 42.7 Å². The fourth-order valence-corrected chi connectivity index (χ4v) is 2.89. The molecule has 106 valence electrons.